The Hall–Kier alpha value is -2.64. The first-order chi connectivity index (χ1) is 12.2. The van der Waals surface area contributed by atoms with E-state index in [0.29, 0.717) is 10.8 Å². The molecule has 3 N–H and O–H groups in total. The molecular weight excluding hydrogens is 400 g/mol. The van der Waals surface area contributed by atoms with E-state index in [1.54, 1.807) is 0 Å². The van der Waals surface area contributed by atoms with Gasteiger partial charge in [-0.3, -0.25) is 15.6 Å². The molecule has 0 saturated carbocycles. The fraction of sp³-hybridized carbons (Fsp3) is 0. The summed E-state index contributed by atoms with van der Waals surface area (Å²) in [5, 5.41) is 3.57. The standard InChI is InChI=1S/C18H13BrN4OS/c19-13-6-3-5-11(8-13)16-10-25-18(21-16)23-22-17(24)15-9-12-4-1-2-7-14(12)20-15/h1-10,20H,(H,21,23)(H,22,24). The van der Waals surface area contributed by atoms with Crippen LogP contribution in [0.1, 0.15) is 10.5 Å². The minimum absolute atomic E-state index is 0.240. The Morgan fingerprint density at radius 2 is 2.00 bits per heavy atom. The van der Waals surface area contributed by atoms with Crippen molar-refractivity contribution in [3.63, 3.8) is 0 Å². The van der Waals surface area contributed by atoms with Gasteiger partial charge in [-0.2, -0.15) is 0 Å². The molecule has 4 aromatic rings. The van der Waals surface area contributed by atoms with Crippen molar-refractivity contribution in [1.29, 1.82) is 0 Å². The van der Waals surface area contributed by atoms with E-state index in [0.717, 1.165) is 26.6 Å². The van der Waals surface area contributed by atoms with Gasteiger partial charge in [0.25, 0.3) is 5.91 Å². The van der Waals surface area contributed by atoms with Crippen molar-refractivity contribution in [1.82, 2.24) is 15.4 Å². The summed E-state index contributed by atoms with van der Waals surface area (Å²) in [5.41, 5.74) is 8.84. The maximum absolute atomic E-state index is 12.3. The van der Waals surface area contributed by atoms with Crippen molar-refractivity contribution in [3.8, 4) is 11.3 Å². The maximum Gasteiger partial charge on any atom is 0.286 e. The molecule has 0 unspecified atom stereocenters. The molecule has 25 heavy (non-hydrogen) atoms. The molecule has 2 aromatic carbocycles. The van der Waals surface area contributed by atoms with E-state index >= 15 is 0 Å². The SMILES string of the molecule is O=C(NNc1nc(-c2cccc(Br)c2)cs1)c1cc2ccccc2[nH]1. The first kappa shape index (κ1) is 15.9. The predicted molar refractivity (Wildman–Crippen MR) is 105 cm³/mol. The first-order valence-electron chi connectivity index (χ1n) is 7.54. The lowest BCUT2D eigenvalue weighted by Crippen LogP contribution is -2.29. The van der Waals surface area contributed by atoms with E-state index in [1.165, 1.54) is 11.3 Å². The Bertz CT molecular complexity index is 1020. The zero-order valence-corrected chi connectivity index (χ0v) is 15.3. The molecule has 124 valence electrons. The smallest absolute Gasteiger partial charge is 0.286 e. The molecule has 4 rings (SSSR count). The number of nitrogens with zero attached hydrogens (tertiary/aromatic N) is 1. The Kier molecular flexibility index (Phi) is 4.25. The van der Waals surface area contributed by atoms with E-state index in [4.69, 9.17) is 0 Å². The van der Waals surface area contributed by atoms with Crippen LogP contribution in [-0.2, 0) is 0 Å². The molecule has 0 fully saturated rings. The first-order valence-corrected chi connectivity index (χ1v) is 9.22. The normalized spacial score (nSPS) is 10.8. The number of fused-ring (bicyclic) bond motifs is 1. The molecule has 0 spiro atoms. The number of benzene rings is 2. The van der Waals surface area contributed by atoms with Gasteiger partial charge < -0.3 is 4.98 Å². The minimum Gasteiger partial charge on any atom is -0.350 e. The zero-order valence-electron chi connectivity index (χ0n) is 12.9. The highest BCUT2D eigenvalue weighted by molar-refractivity contribution is 9.10. The van der Waals surface area contributed by atoms with Crippen LogP contribution in [0.25, 0.3) is 22.2 Å². The molecule has 0 aliphatic rings. The van der Waals surface area contributed by atoms with Crippen LogP contribution in [-0.4, -0.2) is 15.9 Å². The van der Waals surface area contributed by atoms with Crippen molar-refractivity contribution in [3.05, 3.63) is 70.1 Å². The molecule has 0 saturated heterocycles. The second kappa shape index (κ2) is 6.70. The number of para-hydroxylation sites is 1. The fourth-order valence-electron chi connectivity index (χ4n) is 2.48. The van der Waals surface area contributed by atoms with Gasteiger partial charge in [-0.1, -0.05) is 46.3 Å². The molecule has 0 bridgehead atoms. The quantitative estimate of drug-likeness (QED) is 0.421. The molecule has 2 heterocycles. The van der Waals surface area contributed by atoms with Gasteiger partial charge in [0.1, 0.15) is 5.69 Å². The second-order valence-corrected chi connectivity index (χ2v) is 7.17. The molecule has 0 aliphatic carbocycles. The lowest BCUT2D eigenvalue weighted by molar-refractivity contribution is 0.0958. The number of anilines is 1. The van der Waals surface area contributed by atoms with Crippen LogP contribution in [0.3, 0.4) is 0 Å². The second-order valence-electron chi connectivity index (χ2n) is 5.40. The minimum atomic E-state index is -0.240. The van der Waals surface area contributed by atoms with Crippen LogP contribution in [0, 0.1) is 0 Å². The van der Waals surface area contributed by atoms with Gasteiger partial charge in [0.15, 0.2) is 0 Å². The average Bonchev–Trinajstić information content (AvgIpc) is 3.26. The number of carbonyl (C=O) groups is 1. The summed E-state index contributed by atoms with van der Waals surface area (Å²) in [6.45, 7) is 0. The van der Waals surface area contributed by atoms with E-state index in [2.05, 4.69) is 36.7 Å². The van der Waals surface area contributed by atoms with E-state index in [-0.39, 0.29) is 5.91 Å². The number of hydrazine groups is 1. The average molecular weight is 413 g/mol. The Labute approximate surface area is 156 Å². The predicted octanol–water partition coefficient (Wildman–Crippen LogP) is 4.81. The number of H-pyrrole nitrogens is 1. The number of nitrogens with one attached hydrogen (secondary N) is 3. The molecule has 0 radical (unpaired) electrons. The van der Waals surface area contributed by atoms with E-state index in [9.17, 15) is 4.79 Å². The molecule has 7 heteroatoms. The number of rotatable bonds is 4. The van der Waals surface area contributed by atoms with Crippen LogP contribution in [0.5, 0.6) is 0 Å². The summed E-state index contributed by atoms with van der Waals surface area (Å²) in [7, 11) is 0. The summed E-state index contributed by atoms with van der Waals surface area (Å²) < 4.78 is 1.000. The van der Waals surface area contributed by atoms with Crippen molar-refractivity contribution < 1.29 is 4.79 Å². The molecular formula is C18H13BrN4OS. The lowest BCUT2D eigenvalue weighted by atomic mass is 10.2. The number of hydrogen-bond acceptors (Lipinski definition) is 4. The van der Waals surface area contributed by atoms with Gasteiger partial charge >= 0.3 is 0 Å². The van der Waals surface area contributed by atoms with Gasteiger partial charge in [-0.15, -0.1) is 11.3 Å². The van der Waals surface area contributed by atoms with Crippen LogP contribution >= 0.6 is 27.3 Å². The number of aromatic amines is 1. The van der Waals surface area contributed by atoms with Crippen molar-refractivity contribution in [2.75, 3.05) is 5.43 Å². The number of amides is 1. The van der Waals surface area contributed by atoms with Crippen LogP contribution in [0.2, 0.25) is 0 Å². The van der Waals surface area contributed by atoms with Gasteiger partial charge in [-0.05, 0) is 24.3 Å². The van der Waals surface area contributed by atoms with Crippen molar-refractivity contribution >= 4 is 49.2 Å². The topological polar surface area (TPSA) is 69.8 Å². The van der Waals surface area contributed by atoms with Crippen LogP contribution in [0.15, 0.2) is 64.5 Å². The third-order valence-electron chi connectivity index (χ3n) is 3.68. The number of carbonyl (C=O) groups excluding carboxylic acids is 1. The summed E-state index contributed by atoms with van der Waals surface area (Å²) in [4.78, 5) is 19.9. The number of halogens is 1. The number of thiazole rings is 1. The van der Waals surface area contributed by atoms with Crippen molar-refractivity contribution in [2.24, 2.45) is 0 Å². The lowest BCUT2D eigenvalue weighted by Gasteiger charge is -2.03. The highest BCUT2D eigenvalue weighted by Crippen LogP contribution is 2.26. The van der Waals surface area contributed by atoms with Crippen LogP contribution in [0.4, 0.5) is 5.13 Å². The highest BCUT2D eigenvalue weighted by Gasteiger charge is 2.10. The third kappa shape index (κ3) is 3.42. The van der Waals surface area contributed by atoms with Crippen LogP contribution < -0.4 is 10.9 Å². The number of hydrogen-bond donors (Lipinski definition) is 3. The monoisotopic (exact) mass is 412 g/mol. The molecule has 5 nitrogen and oxygen atoms in total. The zero-order chi connectivity index (χ0) is 17.2. The van der Waals surface area contributed by atoms with Gasteiger partial charge in [0, 0.05) is 26.3 Å². The Morgan fingerprint density at radius 1 is 1.12 bits per heavy atom. The highest BCUT2D eigenvalue weighted by atomic mass is 79.9. The molecule has 0 aliphatic heterocycles. The Morgan fingerprint density at radius 3 is 2.84 bits per heavy atom. The molecule has 1 amide bonds. The molecule has 0 atom stereocenters. The van der Waals surface area contributed by atoms with Gasteiger partial charge in [-0.25, -0.2) is 4.98 Å². The van der Waals surface area contributed by atoms with E-state index in [1.807, 2.05) is 60.0 Å². The summed E-state index contributed by atoms with van der Waals surface area (Å²) >= 11 is 4.89. The molecule has 2 aromatic heterocycles. The third-order valence-corrected chi connectivity index (χ3v) is 4.93. The Balaban J connectivity index is 1.45. The summed E-state index contributed by atoms with van der Waals surface area (Å²) in [6.07, 6.45) is 0. The van der Waals surface area contributed by atoms with Gasteiger partial charge in [0.05, 0.1) is 5.69 Å². The largest absolute Gasteiger partial charge is 0.350 e. The van der Waals surface area contributed by atoms with Crippen molar-refractivity contribution in [2.45, 2.75) is 0 Å². The maximum atomic E-state index is 12.3. The summed E-state index contributed by atoms with van der Waals surface area (Å²) in [5.74, 6) is -0.240. The number of aromatic nitrogens is 2. The van der Waals surface area contributed by atoms with Gasteiger partial charge in [0.2, 0.25) is 5.13 Å². The summed E-state index contributed by atoms with van der Waals surface area (Å²) in [6, 6.07) is 17.5. The fourth-order valence-corrected chi connectivity index (χ4v) is 3.56. The van der Waals surface area contributed by atoms with E-state index < -0.39 is 0 Å².